The molecule has 2 aromatic heterocycles. The van der Waals surface area contributed by atoms with Crippen LogP contribution >= 0.6 is 11.3 Å². The van der Waals surface area contributed by atoms with Gasteiger partial charge >= 0.3 is 5.97 Å². The Labute approximate surface area is 120 Å². The van der Waals surface area contributed by atoms with E-state index in [0.29, 0.717) is 6.54 Å². The molecule has 0 unspecified atom stereocenters. The largest absolute Gasteiger partial charge is 0.480 e. The van der Waals surface area contributed by atoms with Crippen LogP contribution in [0.2, 0.25) is 0 Å². The van der Waals surface area contributed by atoms with Crippen LogP contribution in [0.5, 0.6) is 0 Å². The first-order valence-electron chi connectivity index (χ1n) is 6.52. The lowest BCUT2D eigenvalue weighted by Crippen LogP contribution is -2.34. The molecule has 20 heavy (non-hydrogen) atoms. The van der Waals surface area contributed by atoms with Gasteiger partial charge in [-0.15, -0.1) is 11.3 Å². The Bertz CT molecular complexity index is 612. The molecule has 0 aromatic carbocycles. The van der Waals surface area contributed by atoms with E-state index in [1.807, 2.05) is 23.1 Å². The zero-order chi connectivity index (χ0) is 13.9. The second-order valence-electron chi connectivity index (χ2n) is 4.83. The van der Waals surface area contributed by atoms with Gasteiger partial charge in [0.1, 0.15) is 0 Å². The zero-order valence-corrected chi connectivity index (χ0v) is 11.8. The van der Waals surface area contributed by atoms with Crippen molar-refractivity contribution < 1.29 is 9.90 Å². The highest BCUT2D eigenvalue weighted by Crippen LogP contribution is 2.26. The Hall–Kier alpha value is -1.79. The molecule has 1 aliphatic heterocycles. The molecule has 0 atom stereocenters. The fourth-order valence-corrected chi connectivity index (χ4v) is 3.53. The Morgan fingerprint density at radius 1 is 1.45 bits per heavy atom. The normalized spacial score (nSPS) is 15.0. The summed E-state index contributed by atoms with van der Waals surface area (Å²) in [7, 11) is 0. The molecule has 0 spiro atoms. The van der Waals surface area contributed by atoms with Crippen LogP contribution in [-0.4, -0.2) is 39.0 Å². The van der Waals surface area contributed by atoms with Gasteiger partial charge in [-0.3, -0.25) is 14.7 Å². The number of aliphatic carboxylic acids is 1. The molecule has 0 radical (unpaired) electrons. The number of hydrogen-bond donors (Lipinski definition) is 1. The van der Waals surface area contributed by atoms with Crippen molar-refractivity contribution in [2.75, 3.05) is 13.1 Å². The molecule has 1 N–H and O–H groups in total. The first-order chi connectivity index (χ1) is 9.70. The summed E-state index contributed by atoms with van der Waals surface area (Å²) in [6.07, 6.45) is 3.37. The van der Waals surface area contributed by atoms with Gasteiger partial charge in [-0.1, -0.05) is 6.07 Å². The minimum atomic E-state index is -0.772. The van der Waals surface area contributed by atoms with E-state index in [-0.39, 0.29) is 6.54 Å². The van der Waals surface area contributed by atoms with Gasteiger partial charge in [0, 0.05) is 42.7 Å². The zero-order valence-electron chi connectivity index (χ0n) is 11.0. The van der Waals surface area contributed by atoms with E-state index in [1.54, 1.807) is 17.5 Å². The standard InChI is InChI=1S/C14H15N3O2S/c18-14(19)9-17-6-4-11-12(8-17)20-13(16-11)7-10-3-1-2-5-15-10/h1-3,5H,4,6-9H2,(H,18,19). The van der Waals surface area contributed by atoms with Crippen molar-refractivity contribution in [2.24, 2.45) is 0 Å². The Morgan fingerprint density at radius 3 is 3.10 bits per heavy atom. The van der Waals surface area contributed by atoms with Gasteiger partial charge in [-0.25, -0.2) is 4.98 Å². The van der Waals surface area contributed by atoms with E-state index in [1.165, 1.54) is 4.88 Å². The van der Waals surface area contributed by atoms with E-state index in [4.69, 9.17) is 5.11 Å². The number of pyridine rings is 1. The van der Waals surface area contributed by atoms with E-state index in [0.717, 1.165) is 35.8 Å². The molecule has 0 amide bonds. The van der Waals surface area contributed by atoms with Crippen LogP contribution in [0.1, 0.15) is 21.3 Å². The summed E-state index contributed by atoms with van der Waals surface area (Å²) >= 11 is 1.68. The number of rotatable bonds is 4. The monoisotopic (exact) mass is 289 g/mol. The maximum Gasteiger partial charge on any atom is 0.317 e. The molecule has 2 aromatic rings. The molecular weight excluding hydrogens is 274 g/mol. The van der Waals surface area contributed by atoms with Crippen LogP contribution in [0.3, 0.4) is 0 Å². The summed E-state index contributed by atoms with van der Waals surface area (Å²) in [5.41, 5.74) is 2.14. The molecule has 5 nitrogen and oxygen atoms in total. The molecule has 104 valence electrons. The van der Waals surface area contributed by atoms with Gasteiger partial charge in [0.25, 0.3) is 0 Å². The van der Waals surface area contributed by atoms with Crippen LogP contribution in [0.15, 0.2) is 24.4 Å². The van der Waals surface area contributed by atoms with Crippen LogP contribution in [0.25, 0.3) is 0 Å². The number of carboxylic acid groups (broad SMARTS) is 1. The van der Waals surface area contributed by atoms with E-state index in [2.05, 4.69) is 9.97 Å². The predicted molar refractivity (Wildman–Crippen MR) is 75.8 cm³/mol. The lowest BCUT2D eigenvalue weighted by molar-refractivity contribution is -0.138. The Morgan fingerprint density at radius 2 is 2.35 bits per heavy atom. The topological polar surface area (TPSA) is 66.3 Å². The SMILES string of the molecule is O=C(O)CN1CCc2nc(Cc3ccccn3)sc2C1. The summed E-state index contributed by atoms with van der Waals surface area (Å²) in [6, 6.07) is 5.88. The summed E-state index contributed by atoms with van der Waals surface area (Å²) in [5.74, 6) is -0.772. The minimum Gasteiger partial charge on any atom is -0.480 e. The van der Waals surface area contributed by atoms with Gasteiger partial charge < -0.3 is 5.11 Å². The van der Waals surface area contributed by atoms with Crippen LogP contribution in [0, 0.1) is 0 Å². The summed E-state index contributed by atoms with van der Waals surface area (Å²) < 4.78 is 0. The number of fused-ring (bicyclic) bond motifs is 1. The van der Waals surface area contributed by atoms with Gasteiger partial charge in [-0.2, -0.15) is 0 Å². The first kappa shape index (κ1) is 13.2. The summed E-state index contributed by atoms with van der Waals surface area (Å²) in [4.78, 5) is 22.9. The second-order valence-corrected chi connectivity index (χ2v) is 6.00. The molecule has 0 saturated carbocycles. The quantitative estimate of drug-likeness (QED) is 0.925. The van der Waals surface area contributed by atoms with Crippen LogP contribution in [0.4, 0.5) is 0 Å². The number of thiazole rings is 1. The molecule has 1 aliphatic rings. The molecule has 0 bridgehead atoms. The number of hydrogen-bond acceptors (Lipinski definition) is 5. The molecule has 0 aliphatic carbocycles. The van der Waals surface area contributed by atoms with Crippen molar-refractivity contribution in [3.05, 3.63) is 45.7 Å². The van der Waals surface area contributed by atoms with Crippen molar-refractivity contribution in [3.8, 4) is 0 Å². The van der Waals surface area contributed by atoms with Crippen LogP contribution in [-0.2, 0) is 24.2 Å². The van der Waals surface area contributed by atoms with Crippen LogP contribution < -0.4 is 0 Å². The highest BCUT2D eigenvalue weighted by Gasteiger charge is 2.22. The number of carbonyl (C=O) groups is 1. The number of carboxylic acids is 1. The minimum absolute atomic E-state index is 0.104. The molecule has 3 rings (SSSR count). The summed E-state index contributed by atoms with van der Waals surface area (Å²) in [6.45, 7) is 1.57. The van der Waals surface area contributed by atoms with Gasteiger partial charge in [0.05, 0.1) is 17.2 Å². The molecule has 6 heteroatoms. The molecule has 0 fully saturated rings. The maximum atomic E-state index is 10.8. The average Bonchev–Trinajstić information content (AvgIpc) is 2.80. The smallest absolute Gasteiger partial charge is 0.317 e. The fourth-order valence-electron chi connectivity index (χ4n) is 2.36. The summed E-state index contributed by atoms with van der Waals surface area (Å²) in [5, 5.41) is 9.91. The lowest BCUT2D eigenvalue weighted by Gasteiger charge is -2.23. The van der Waals surface area contributed by atoms with Crippen molar-refractivity contribution in [1.29, 1.82) is 0 Å². The third kappa shape index (κ3) is 3.02. The van der Waals surface area contributed by atoms with E-state index < -0.39 is 5.97 Å². The van der Waals surface area contributed by atoms with Gasteiger partial charge in [0.2, 0.25) is 0 Å². The first-order valence-corrected chi connectivity index (χ1v) is 7.34. The van der Waals surface area contributed by atoms with Crippen molar-refractivity contribution in [1.82, 2.24) is 14.9 Å². The lowest BCUT2D eigenvalue weighted by atomic mass is 10.2. The van der Waals surface area contributed by atoms with Crippen molar-refractivity contribution in [3.63, 3.8) is 0 Å². The molecule has 3 heterocycles. The fraction of sp³-hybridized carbons (Fsp3) is 0.357. The average molecular weight is 289 g/mol. The second kappa shape index (κ2) is 5.68. The van der Waals surface area contributed by atoms with E-state index in [9.17, 15) is 4.79 Å². The third-order valence-corrected chi connectivity index (χ3v) is 4.35. The Balaban J connectivity index is 1.72. The Kier molecular flexibility index (Phi) is 3.75. The predicted octanol–water partition coefficient (Wildman–Crippen LogP) is 1.57. The van der Waals surface area contributed by atoms with Gasteiger partial charge in [-0.05, 0) is 12.1 Å². The highest BCUT2D eigenvalue weighted by atomic mass is 32.1. The highest BCUT2D eigenvalue weighted by molar-refractivity contribution is 7.11. The maximum absolute atomic E-state index is 10.8. The number of aromatic nitrogens is 2. The van der Waals surface area contributed by atoms with Crippen molar-refractivity contribution >= 4 is 17.3 Å². The molecule has 0 saturated heterocycles. The number of nitrogens with zero attached hydrogens (tertiary/aromatic N) is 3. The van der Waals surface area contributed by atoms with Gasteiger partial charge in [0.15, 0.2) is 0 Å². The molecular formula is C14H15N3O2S. The van der Waals surface area contributed by atoms with Crippen molar-refractivity contribution in [2.45, 2.75) is 19.4 Å². The third-order valence-electron chi connectivity index (χ3n) is 3.27. The van der Waals surface area contributed by atoms with E-state index >= 15 is 0 Å².